The van der Waals surface area contributed by atoms with Crippen molar-refractivity contribution in [1.82, 2.24) is 0 Å². The van der Waals surface area contributed by atoms with E-state index in [1.807, 2.05) is 34.1 Å². The molecule has 0 saturated heterocycles. The Morgan fingerprint density at radius 2 is 1.64 bits per heavy atom. The second-order valence-corrected chi connectivity index (χ2v) is 2.40. The average molecular weight is 144 g/mol. The normalized spacial score (nSPS) is 7.36. The van der Waals surface area contributed by atoms with E-state index in [2.05, 4.69) is 0 Å². The van der Waals surface area contributed by atoms with E-state index in [0.717, 1.165) is 5.57 Å². The van der Waals surface area contributed by atoms with Gasteiger partial charge < -0.3 is 31.2 Å². The minimum Gasteiger partial charge on any atom is -0.394 e. The fourth-order valence-corrected chi connectivity index (χ4v) is 0.192. The Labute approximate surface area is 83.9 Å². The predicted molar refractivity (Wildman–Crippen MR) is 47.2 cm³/mol. The van der Waals surface area contributed by atoms with Gasteiger partial charge in [0.2, 0.25) is 0 Å². The third-order valence-corrected chi connectivity index (χ3v) is 0.859. The summed E-state index contributed by atoms with van der Waals surface area (Å²) in [5.41, 5.74) is 0.750. The third kappa shape index (κ3) is 17.8. The monoisotopic (exact) mass is 144 g/mol. The molecule has 0 aromatic rings. The Balaban J connectivity index is -0.000000140. The van der Waals surface area contributed by atoms with E-state index in [-0.39, 0.29) is 18.9 Å². The standard InChI is InChI=1S/C7H10.C3H7.Li/c1-5-7(4)6(2)3;1-3-2;/h1,4-6H,2-3H3;3H,1-2H3;/q-2;-1;+1. The van der Waals surface area contributed by atoms with Crippen molar-refractivity contribution >= 4 is 0 Å². The summed E-state index contributed by atoms with van der Waals surface area (Å²) >= 11 is 0. The van der Waals surface area contributed by atoms with E-state index in [9.17, 15) is 0 Å². The van der Waals surface area contributed by atoms with Crippen molar-refractivity contribution in [3.8, 4) is 0 Å². The van der Waals surface area contributed by atoms with E-state index in [4.69, 9.17) is 13.2 Å². The smallest absolute Gasteiger partial charge is 0.394 e. The van der Waals surface area contributed by atoms with Gasteiger partial charge in [0.05, 0.1) is 0 Å². The van der Waals surface area contributed by atoms with Crippen molar-refractivity contribution in [2.24, 2.45) is 5.92 Å². The summed E-state index contributed by atoms with van der Waals surface area (Å²) in [5.74, 6) is 0.380. The zero-order valence-corrected chi connectivity index (χ0v) is 8.39. The molecule has 60 valence electrons. The van der Waals surface area contributed by atoms with Gasteiger partial charge in [-0.25, -0.2) is 0 Å². The molecule has 0 atom stereocenters. The Hall–Kier alpha value is 0.0774. The molecule has 1 heteroatoms. The van der Waals surface area contributed by atoms with Gasteiger partial charge in [-0.1, -0.05) is 13.8 Å². The molecule has 0 aromatic heterocycles. The van der Waals surface area contributed by atoms with E-state index in [1.165, 1.54) is 6.08 Å². The largest absolute Gasteiger partial charge is 1.00 e. The first-order chi connectivity index (χ1) is 4.59. The Kier molecular flexibility index (Phi) is 19.9. The van der Waals surface area contributed by atoms with Crippen LogP contribution in [0.5, 0.6) is 0 Å². The molecular weight excluding hydrogens is 127 g/mol. The van der Waals surface area contributed by atoms with Crippen molar-refractivity contribution in [2.45, 2.75) is 27.7 Å². The molecule has 0 heterocycles. The van der Waals surface area contributed by atoms with Crippen LogP contribution < -0.4 is 18.9 Å². The molecule has 0 aliphatic heterocycles. The molecule has 0 rings (SSSR count). The van der Waals surface area contributed by atoms with Crippen molar-refractivity contribution < 1.29 is 18.9 Å². The van der Waals surface area contributed by atoms with Crippen LogP contribution in [0.25, 0.3) is 0 Å². The first kappa shape index (κ1) is 17.2. The molecule has 0 spiro atoms. The van der Waals surface area contributed by atoms with E-state index < -0.39 is 0 Å². The third-order valence-electron chi connectivity index (χ3n) is 0.859. The van der Waals surface area contributed by atoms with Crippen LogP contribution in [0.2, 0.25) is 0 Å². The van der Waals surface area contributed by atoms with Crippen LogP contribution in [0, 0.1) is 25.5 Å². The molecule has 0 saturated carbocycles. The van der Waals surface area contributed by atoms with Crippen LogP contribution >= 0.6 is 0 Å². The summed E-state index contributed by atoms with van der Waals surface area (Å²) in [7, 11) is 0. The summed E-state index contributed by atoms with van der Waals surface area (Å²) in [4.78, 5) is 0. The van der Waals surface area contributed by atoms with Crippen LogP contribution in [0.1, 0.15) is 27.7 Å². The van der Waals surface area contributed by atoms with Gasteiger partial charge in [0.25, 0.3) is 0 Å². The molecule has 0 radical (unpaired) electrons. The molecule has 0 fully saturated rings. The second kappa shape index (κ2) is 12.7. The van der Waals surface area contributed by atoms with Gasteiger partial charge in [-0.15, -0.1) is 5.92 Å². The zero-order valence-electron chi connectivity index (χ0n) is 8.39. The van der Waals surface area contributed by atoms with E-state index in [0.29, 0.717) is 5.92 Å². The van der Waals surface area contributed by atoms with Crippen LogP contribution in [0.4, 0.5) is 0 Å². The molecule has 0 amide bonds. The Morgan fingerprint density at radius 1 is 1.36 bits per heavy atom. The first-order valence-electron chi connectivity index (χ1n) is 3.51. The second-order valence-electron chi connectivity index (χ2n) is 2.40. The van der Waals surface area contributed by atoms with Crippen LogP contribution in [-0.4, -0.2) is 0 Å². The van der Waals surface area contributed by atoms with Crippen LogP contribution in [-0.2, 0) is 0 Å². The maximum absolute atomic E-state index is 5.35. The summed E-state index contributed by atoms with van der Waals surface area (Å²) in [6, 6.07) is 0. The van der Waals surface area contributed by atoms with E-state index >= 15 is 0 Å². The average Bonchev–Trinajstić information content (AvgIpc) is 1.88. The summed E-state index contributed by atoms with van der Waals surface area (Å²) in [6.45, 7) is 18.4. The van der Waals surface area contributed by atoms with Crippen molar-refractivity contribution in [3.05, 3.63) is 31.2 Å². The summed E-state index contributed by atoms with van der Waals surface area (Å²) < 4.78 is 0. The van der Waals surface area contributed by atoms with Gasteiger partial charge in [0, 0.05) is 0 Å². The molecule has 0 aromatic carbocycles. The minimum absolute atomic E-state index is 0. The topological polar surface area (TPSA) is 0 Å². The number of hydrogen-bond donors (Lipinski definition) is 0. The minimum atomic E-state index is 0. The van der Waals surface area contributed by atoms with Crippen LogP contribution in [0.15, 0.2) is 11.6 Å². The SMILES string of the molecule is C[CH-]C.[CH-]=CC(=[CH-])C(C)C.[Li+]. The van der Waals surface area contributed by atoms with Gasteiger partial charge >= 0.3 is 18.9 Å². The number of allylic oxidation sites excluding steroid dienone is 2. The maximum atomic E-state index is 5.35. The quantitative estimate of drug-likeness (QED) is 0.295. The molecule has 0 unspecified atom stereocenters. The molecule has 0 bridgehead atoms. The fourth-order valence-electron chi connectivity index (χ4n) is 0.192. The van der Waals surface area contributed by atoms with Gasteiger partial charge in [0.1, 0.15) is 0 Å². The molecule has 0 aliphatic rings. The zero-order chi connectivity index (χ0) is 8.57. The fraction of sp³-hybridized carbons (Fsp3) is 0.500. The Bertz CT molecular complexity index is 93.0. The van der Waals surface area contributed by atoms with Crippen molar-refractivity contribution in [2.75, 3.05) is 0 Å². The molecule has 11 heavy (non-hydrogen) atoms. The Morgan fingerprint density at radius 3 is 1.64 bits per heavy atom. The molecular formula is C10H17Li-2. The number of hydrogen-bond acceptors (Lipinski definition) is 0. The molecule has 0 nitrogen and oxygen atoms in total. The first-order valence-corrected chi connectivity index (χ1v) is 3.51. The maximum Gasteiger partial charge on any atom is 1.00 e. The summed E-state index contributed by atoms with van der Waals surface area (Å²) in [6.07, 6.45) is 3.44. The molecule has 0 aliphatic carbocycles. The van der Waals surface area contributed by atoms with E-state index in [1.54, 1.807) is 0 Å². The number of rotatable bonds is 2. The molecule has 0 N–H and O–H groups in total. The predicted octanol–water partition coefficient (Wildman–Crippen LogP) is 0.225. The van der Waals surface area contributed by atoms with Crippen molar-refractivity contribution in [3.63, 3.8) is 0 Å². The summed E-state index contributed by atoms with van der Waals surface area (Å²) in [5, 5.41) is 0. The van der Waals surface area contributed by atoms with Gasteiger partial charge in [-0.2, -0.15) is 13.8 Å². The van der Waals surface area contributed by atoms with Crippen molar-refractivity contribution in [1.29, 1.82) is 0 Å². The van der Waals surface area contributed by atoms with Gasteiger partial charge in [-0.3, -0.25) is 0 Å². The van der Waals surface area contributed by atoms with Gasteiger partial charge in [-0.05, 0) is 0 Å². The van der Waals surface area contributed by atoms with Gasteiger partial charge in [0.15, 0.2) is 0 Å². The van der Waals surface area contributed by atoms with Crippen LogP contribution in [0.3, 0.4) is 0 Å².